The molecule has 0 aromatic carbocycles. The first kappa shape index (κ1) is 11.9. The van der Waals surface area contributed by atoms with Crippen molar-refractivity contribution in [1.82, 2.24) is 4.98 Å². The lowest BCUT2D eigenvalue weighted by atomic mass is 10.2. The van der Waals surface area contributed by atoms with Gasteiger partial charge in [-0.05, 0) is 34.5 Å². The Kier molecular flexibility index (Phi) is 3.21. The fourth-order valence-electron chi connectivity index (χ4n) is 1.84. The van der Waals surface area contributed by atoms with Crippen LogP contribution in [-0.2, 0) is 9.84 Å². The topological polar surface area (TPSA) is 50.3 Å². The molecular formula is C10H13BrN2O2S. The van der Waals surface area contributed by atoms with Crippen LogP contribution in [0.25, 0.3) is 0 Å². The maximum absolute atomic E-state index is 11.4. The highest BCUT2D eigenvalue weighted by Gasteiger charge is 2.31. The van der Waals surface area contributed by atoms with Crippen LogP contribution >= 0.6 is 15.9 Å². The number of hydrogen-bond acceptors (Lipinski definition) is 4. The maximum Gasteiger partial charge on any atom is 0.152 e. The Morgan fingerprint density at radius 3 is 2.75 bits per heavy atom. The van der Waals surface area contributed by atoms with Crippen LogP contribution in [-0.4, -0.2) is 38.0 Å². The zero-order valence-corrected chi connectivity index (χ0v) is 11.3. The van der Waals surface area contributed by atoms with Gasteiger partial charge in [0.2, 0.25) is 0 Å². The molecule has 1 aromatic rings. The van der Waals surface area contributed by atoms with Crippen molar-refractivity contribution in [1.29, 1.82) is 0 Å². The van der Waals surface area contributed by atoms with Gasteiger partial charge in [-0.15, -0.1) is 0 Å². The molecule has 0 saturated carbocycles. The smallest absolute Gasteiger partial charge is 0.152 e. The molecule has 6 heteroatoms. The van der Waals surface area contributed by atoms with Crippen LogP contribution in [0.4, 0.5) is 5.82 Å². The van der Waals surface area contributed by atoms with E-state index in [-0.39, 0.29) is 11.8 Å². The van der Waals surface area contributed by atoms with Crippen LogP contribution in [0.5, 0.6) is 0 Å². The van der Waals surface area contributed by atoms with E-state index in [2.05, 4.69) is 20.9 Å². The molecule has 0 aliphatic carbocycles. The molecule has 1 aromatic heterocycles. The Hall–Kier alpha value is -0.620. The van der Waals surface area contributed by atoms with Crippen molar-refractivity contribution >= 4 is 31.6 Å². The SMILES string of the molecule is CN(c1ccc(Br)cn1)C1CCS(=O)(=O)C1. The van der Waals surface area contributed by atoms with E-state index in [1.54, 1.807) is 6.20 Å². The normalized spacial score (nSPS) is 23.2. The molecular weight excluding hydrogens is 292 g/mol. The second kappa shape index (κ2) is 4.33. The number of rotatable bonds is 2. The van der Waals surface area contributed by atoms with Gasteiger partial charge in [0.15, 0.2) is 9.84 Å². The summed E-state index contributed by atoms with van der Waals surface area (Å²) in [7, 11) is -0.945. The van der Waals surface area contributed by atoms with Crippen molar-refractivity contribution in [3.05, 3.63) is 22.8 Å². The van der Waals surface area contributed by atoms with Crippen molar-refractivity contribution in [2.75, 3.05) is 23.5 Å². The van der Waals surface area contributed by atoms with Gasteiger partial charge in [-0.25, -0.2) is 13.4 Å². The Balaban J connectivity index is 2.14. The van der Waals surface area contributed by atoms with E-state index in [9.17, 15) is 8.42 Å². The highest BCUT2D eigenvalue weighted by Crippen LogP contribution is 2.22. The molecule has 0 radical (unpaired) electrons. The van der Waals surface area contributed by atoms with Crippen LogP contribution in [0.2, 0.25) is 0 Å². The van der Waals surface area contributed by atoms with Gasteiger partial charge >= 0.3 is 0 Å². The molecule has 0 N–H and O–H groups in total. The van der Waals surface area contributed by atoms with Crippen molar-refractivity contribution in [3.63, 3.8) is 0 Å². The summed E-state index contributed by atoms with van der Waals surface area (Å²) in [6.07, 6.45) is 2.41. The third-order valence-electron chi connectivity index (χ3n) is 2.83. The molecule has 1 aliphatic rings. The van der Waals surface area contributed by atoms with Crippen molar-refractivity contribution in [2.45, 2.75) is 12.5 Å². The van der Waals surface area contributed by atoms with E-state index < -0.39 is 9.84 Å². The predicted octanol–water partition coefficient (Wildman–Crippen LogP) is 1.47. The lowest BCUT2D eigenvalue weighted by Crippen LogP contribution is -2.33. The summed E-state index contributed by atoms with van der Waals surface area (Å²) in [5, 5.41) is 0. The Morgan fingerprint density at radius 1 is 1.50 bits per heavy atom. The van der Waals surface area contributed by atoms with Crippen molar-refractivity contribution < 1.29 is 8.42 Å². The highest BCUT2D eigenvalue weighted by molar-refractivity contribution is 9.10. The lowest BCUT2D eigenvalue weighted by Gasteiger charge is -2.24. The quantitative estimate of drug-likeness (QED) is 0.830. The van der Waals surface area contributed by atoms with Crippen LogP contribution in [0.3, 0.4) is 0 Å². The Morgan fingerprint density at radius 2 is 2.25 bits per heavy atom. The lowest BCUT2D eigenvalue weighted by molar-refractivity contribution is 0.600. The number of nitrogens with zero attached hydrogens (tertiary/aromatic N) is 2. The van der Waals surface area contributed by atoms with Gasteiger partial charge in [0, 0.05) is 23.8 Å². The van der Waals surface area contributed by atoms with Crippen LogP contribution in [0.15, 0.2) is 22.8 Å². The minimum absolute atomic E-state index is 0.0543. The van der Waals surface area contributed by atoms with E-state index in [1.807, 2.05) is 24.1 Å². The Labute approximate surface area is 104 Å². The molecule has 1 saturated heterocycles. The number of aromatic nitrogens is 1. The summed E-state index contributed by atoms with van der Waals surface area (Å²) in [4.78, 5) is 6.20. The third-order valence-corrected chi connectivity index (χ3v) is 5.05. The molecule has 0 bridgehead atoms. The summed E-state index contributed by atoms with van der Waals surface area (Å²) < 4.78 is 23.7. The summed E-state index contributed by atoms with van der Waals surface area (Å²) in [6.45, 7) is 0. The molecule has 1 fully saturated rings. The average molecular weight is 305 g/mol. The molecule has 1 atom stereocenters. The van der Waals surface area contributed by atoms with E-state index in [1.165, 1.54) is 0 Å². The van der Waals surface area contributed by atoms with Gasteiger partial charge in [0.25, 0.3) is 0 Å². The molecule has 0 amide bonds. The van der Waals surface area contributed by atoms with E-state index in [4.69, 9.17) is 0 Å². The largest absolute Gasteiger partial charge is 0.356 e. The number of hydrogen-bond donors (Lipinski definition) is 0. The zero-order valence-electron chi connectivity index (χ0n) is 8.93. The molecule has 2 heterocycles. The van der Waals surface area contributed by atoms with E-state index >= 15 is 0 Å². The number of halogens is 1. The average Bonchev–Trinajstić information content (AvgIpc) is 2.59. The monoisotopic (exact) mass is 304 g/mol. The van der Waals surface area contributed by atoms with Crippen LogP contribution in [0, 0.1) is 0 Å². The highest BCUT2D eigenvalue weighted by atomic mass is 79.9. The molecule has 16 heavy (non-hydrogen) atoms. The first-order chi connectivity index (χ1) is 7.48. The van der Waals surface area contributed by atoms with Gasteiger partial charge in [-0.3, -0.25) is 0 Å². The summed E-state index contributed by atoms with van der Waals surface area (Å²) in [6, 6.07) is 3.84. The van der Waals surface area contributed by atoms with E-state index in [0.717, 1.165) is 10.3 Å². The molecule has 88 valence electrons. The molecule has 1 aliphatic heterocycles. The van der Waals surface area contributed by atoms with Crippen LogP contribution in [0.1, 0.15) is 6.42 Å². The van der Waals surface area contributed by atoms with Gasteiger partial charge in [-0.2, -0.15) is 0 Å². The standard InChI is InChI=1S/C10H13BrN2O2S/c1-13(9-4-5-16(14,15)7-9)10-3-2-8(11)6-12-10/h2-3,6,9H,4-5,7H2,1H3. The third kappa shape index (κ3) is 2.55. The minimum atomic E-state index is -2.84. The molecule has 2 rings (SSSR count). The van der Waals surface area contributed by atoms with Gasteiger partial charge in [-0.1, -0.05) is 0 Å². The van der Waals surface area contributed by atoms with Crippen LogP contribution < -0.4 is 4.90 Å². The summed E-state index contributed by atoms with van der Waals surface area (Å²) in [5.41, 5.74) is 0. The first-order valence-electron chi connectivity index (χ1n) is 5.03. The summed E-state index contributed by atoms with van der Waals surface area (Å²) >= 11 is 3.32. The molecule has 1 unspecified atom stereocenters. The first-order valence-corrected chi connectivity index (χ1v) is 7.64. The van der Waals surface area contributed by atoms with Gasteiger partial charge < -0.3 is 4.90 Å². The molecule has 0 spiro atoms. The molecule has 4 nitrogen and oxygen atoms in total. The van der Waals surface area contributed by atoms with Crippen molar-refractivity contribution in [2.24, 2.45) is 0 Å². The van der Waals surface area contributed by atoms with E-state index in [0.29, 0.717) is 12.2 Å². The number of anilines is 1. The number of sulfone groups is 1. The second-order valence-electron chi connectivity index (χ2n) is 4.00. The summed E-state index contributed by atoms with van der Waals surface area (Å²) in [5.74, 6) is 1.34. The Bertz CT molecular complexity index is 472. The second-order valence-corrected chi connectivity index (χ2v) is 7.15. The van der Waals surface area contributed by atoms with Gasteiger partial charge in [0.05, 0.1) is 11.5 Å². The fraction of sp³-hybridized carbons (Fsp3) is 0.500. The maximum atomic E-state index is 11.4. The zero-order chi connectivity index (χ0) is 11.8. The number of pyridine rings is 1. The van der Waals surface area contributed by atoms with Crippen molar-refractivity contribution in [3.8, 4) is 0 Å². The minimum Gasteiger partial charge on any atom is -0.356 e. The van der Waals surface area contributed by atoms with Gasteiger partial charge in [0.1, 0.15) is 5.82 Å². The predicted molar refractivity (Wildman–Crippen MR) is 67.4 cm³/mol. The fourth-order valence-corrected chi connectivity index (χ4v) is 3.85.